The van der Waals surface area contributed by atoms with E-state index in [2.05, 4.69) is 35.7 Å². The standard InChI is InChI=1S/C15H29N5/c1-5-7-13-14(16)15(18(4)17-13)20-10-8-19(9-11-20)12(3)6-2/h12H,5-11,16H2,1-4H3. The van der Waals surface area contributed by atoms with E-state index in [-0.39, 0.29) is 0 Å². The maximum atomic E-state index is 6.30. The van der Waals surface area contributed by atoms with Crippen molar-refractivity contribution in [3.63, 3.8) is 0 Å². The molecule has 0 aromatic carbocycles. The molecule has 1 saturated heterocycles. The van der Waals surface area contributed by atoms with Gasteiger partial charge in [-0.2, -0.15) is 5.10 Å². The van der Waals surface area contributed by atoms with Crippen LogP contribution < -0.4 is 10.6 Å². The van der Waals surface area contributed by atoms with E-state index in [1.54, 1.807) is 0 Å². The zero-order valence-corrected chi connectivity index (χ0v) is 13.4. The Morgan fingerprint density at radius 2 is 1.85 bits per heavy atom. The summed E-state index contributed by atoms with van der Waals surface area (Å²) in [5.74, 6) is 1.11. The van der Waals surface area contributed by atoms with Crippen molar-refractivity contribution >= 4 is 11.5 Å². The van der Waals surface area contributed by atoms with Crippen molar-refractivity contribution in [2.24, 2.45) is 7.05 Å². The molecule has 0 radical (unpaired) electrons. The Labute approximate surface area is 122 Å². The molecule has 5 nitrogen and oxygen atoms in total. The summed E-state index contributed by atoms with van der Waals surface area (Å²) in [6, 6.07) is 0.677. The molecule has 2 N–H and O–H groups in total. The molecule has 114 valence electrons. The molecular weight excluding hydrogens is 250 g/mol. The highest BCUT2D eigenvalue weighted by Gasteiger charge is 2.24. The Morgan fingerprint density at radius 1 is 1.20 bits per heavy atom. The third-order valence-electron chi connectivity index (χ3n) is 4.44. The second kappa shape index (κ2) is 6.48. The number of aryl methyl sites for hydroxylation is 2. The molecule has 0 spiro atoms. The lowest BCUT2D eigenvalue weighted by Gasteiger charge is -2.38. The van der Waals surface area contributed by atoms with E-state index in [4.69, 9.17) is 5.73 Å². The first-order chi connectivity index (χ1) is 9.58. The fraction of sp³-hybridized carbons (Fsp3) is 0.800. The van der Waals surface area contributed by atoms with Crippen LogP contribution >= 0.6 is 0 Å². The average Bonchev–Trinajstić information content (AvgIpc) is 2.73. The van der Waals surface area contributed by atoms with E-state index < -0.39 is 0 Å². The molecule has 2 rings (SSSR count). The second-order valence-corrected chi connectivity index (χ2v) is 5.84. The number of piperazine rings is 1. The highest BCUT2D eigenvalue weighted by Crippen LogP contribution is 2.28. The van der Waals surface area contributed by atoms with E-state index in [1.807, 2.05) is 11.7 Å². The molecule has 20 heavy (non-hydrogen) atoms. The molecule has 1 aromatic rings. The number of nitrogens with two attached hydrogens (primary N) is 1. The largest absolute Gasteiger partial charge is 0.394 e. The van der Waals surface area contributed by atoms with Gasteiger partial charge < -0.3 is 10.6 Å². The highest BCUT2D eigenvalue weighted by molar-refractivity contribution is 5.66. The fourth-order valence-electron chi connectivity index (χ4n) is 3.01. The van der Waals surface area contributed by atoms with E-state index in [0.29, 0.717) is 6.04 Å². The Morgan fingerprint density at radius 3 is 2.40 bits per heavy atom. The van der Waals surface area contributed by atoms with Gasteiger partial charge in [0.05, 0.1) is 11.4 Å². The minimum absolute atomic E-state index is 0.677. The van der Waals surface area contributed by atoms with Crippen LogP contribution in [0, 0.1) is 0 Å². The summed E-state index contributed by atoms with van der Waals surface area (Å²) >= 11 is 0. The van der Waals surface area contributed by atoms with Gasteiger partial charge in [-0.25, -0.2) is 0 Å². The number of hydrogen-bond donors (Lipinski definition) is 1. The van der Waals surface area contributed by atoms with Crippen molar-refractivity contribution < 1.29 is 0 Å². The minimum atomic E-state index is 0.677. The number of hydrogen-bond acceptors (Lipinski definition) is 4. The van der Waals surface area contributed by atoms with Gasteiger partial charge in [0.1, 0.15) is 5.82 Å². The van der Waals surface area contributed by atoms with Gasteiger partial charge in [0, 0.05) is 39.3 Å². The average molecular weight is 279 g/mol. The molecule has 1 atom stereocenters. The molecule has 0 amide bonds. The third-order valence-corrected chi connectivity index (χ3v) is 4.44. The lowest BCUT2D eigenvalue weighted by atomic mass is 10.2. The van der Waals surface area contributed by atoms with Crippen LogP contribution in [-0.2, 0) is 13.5 Å². The molecule has 5 heteroatoms. The molecule has 0 aliphatic carbocycles. The van der Waals surface area contributed by atoms with Gasteiger partial charge in [0.15, 0.2) is 0 Å². The summed E-state index contributed by atoms with van der Waals surface area (Å²) in [5, 5.41) is 4.58. The topological polar surface area (TPSA) is 50.3 Å². The molecular formula is C15H29N5. The van der Waals surface area contributed by atoms with Crippen LogP contribution in [0.15, 0.2) is 0 Å². The van der Waals surface area contributed by atoms with Gasteiger partial charge in [0.25, 0.3) is 0 Å². The summed E-state index contributed by atoms with van der Waals surface area (Å²) in [5.41, 5.74) is 8.23. The van der Waals surface area contributed by atoms with Crippen molar-refractivity contribution in [1.29, 1.82) is 0 Å². The molecule has 1 aliphatic rings. The lowest BCUT2D eigenvalue weighted by molar-refractivity contribution is 0.192. The predicted molar refractivity (Wildman–Crippen MR) is 85.2 cm³/mol. The van der Waals surface area contributed by atoms with Crippen LogP contribution in [0.5, 0.6) is 0 Å². The summed E-state index contributed by atoms with van der Waals surface area (Å²) in [7, 11) is 2.01. The summed E-state index contributed by atoms with van der Waals surface area (Å²) in [6.07, 6.45) is 3.27. The van der Waals surface area contributed by atoms with Gasteiger partial charge in [-0.3, -0.25) is 9.58 Å². The highest BCUT2D eigenvalue weighted by atomic mass is 15.4. The maximum Gasteiger partial charge on any atom is 0.150 e. The SMILES string of the molecule is CCCc1nn(C)c(N2CCN(C(C)CC)CC2)c1N. The molecule has 2 heterocycles. The van der Waals surface area contributed by atoms with Crippen molar-refractivity contribution in [3.05, 3.63) is 5.69 Å². The third kappa shape index (κ3) is 2.92. The molecule has 0 bridgehead atoms. The van der Waals surface area contributed by atoms with Crippen LogP contribution in [0.25, 0.3) is 0 Å². The summed E-state index contributed by atoms with van der Waals surface area (Å²) in [6.45, 7) is 11.0. The monoisotopic (exact) mass is 279 g/mol. The van der Waals surface area contributed by atoms with E-state index >= 15 is 0 Å². The smallest absolute Gasteiger partial charge is 0.150 e. The van der Waals surface area contributed by atoms with Crippen LogP contribution in [0.3, 0.4) is 0 Å². The molecule has 0 saturated carbocycles. The second-order valence-electron chi connectivity index (χ2n) is 5.84. The zero-order valence-electron chi connectivity index (χ0n) is 13.4. The van der Waals surface area contributed by atoms with Crippen LogP contribution in [0.1, 0.15) is 39.3 Å². The summed E-state index contributed by atoms with van der Waals surface area (Å²) in [4.78, 5) is 4.95. The quantitative estimate of drug-likeness (QED) is 0.894. The van der Waals surface area contributed by atoms with Crippen LogP contribution in [-0.4, -0.2) is 46.9 Å². The van der Waals surface area contributed by atoms with Crippen molar-refractivity contribution in [2.75, 3.05) is 36.8 Å². The normalized spacial score (nSPS) is 18.5. The number of nitrogen functional groups attached to an aromatic ring is 1. The van der Waals surface area contributed by atoms with Crippen molar-refractivity contribution in [1.82, 2.24) is 14.7 Å². The zero-order chi connectivity index (χ0) is 14.7. The first kappa shape index (κ1) is 15.2. The minimum Gasteiger partial charge on any atom is -0.394 e. The molecule has 1 unspecified atom stereocenters. The fourth-order valence-corrected chi connectivity index (χ4v) is 3.01. The predicted octanol–water partition coefficient (Wildman–Crippen LogP) is 1.88. The Balaban J connectivity index is 2.07. The maximum absolute atomic E-state index is 6.30. The van der Waals surface area contributed by atoms with Crippen molar-refractivity contribution in [3.8, 4) is 0 Å². The van der Waals surface area contributed by atoms with E-state index in [1.165, 1.54) is 6.42 Å². The van der Waals surface area contributed by atoms with Gasteiger partial charge in [-0.05, 0) is 19.8 Å². The van der Waals surface area contributed by atoms with E-state index in [0.717, 1.165) is 56.2 Å². The number of aromatic nitrogens is 2. The number of rotatable bonds is 5. The van der Waals surface area contributed by atoms with Crippen LogP contribution in [0.2, 0.25) is 0 Å². The van der Waals surface area contributed by atoms with Gasteiger partial charge in [0.2, 0.25) is 0 Å². The number of nitrogens with zero attached hydrogens (tertiary/aromatic N) is 4. The van der Waals surface area contributed by atoms with Crippen LogP contribution in [0.4, 0.5) is 11.5 Å². The molecule has 1 aliphatic heterocycles. The molecule has 1 aromatic heterocycles. The Bertz CT molecular complexity index is 432. The lowest BCUT2D eigenvalue weighted by Crippen LogP contribution is -2.50. The summed E-state index contributed by atoms with van der Waals surface area (Å²) < 4.78 is 1.96. The molecule has 1 fully saturated rings. The number of anilines is 2. The van der Waals surface area contributed by atoms with E-state index in [9.17, 15) is 0 Å². The first-order valence-corrected chi connectivity index (χ1v) is 7.88. The van der Waals surface area contributed by atoms with Crippen molar-refractivity contribution in [2.45, 2.75) is 46.1 Å². The Hall–Kier alpha value is -1.23. The van der Waals surface area contributed by atoms with Gasteiger partial charge in [-0.15, -0.1) is 0 Å². The Kier molecular flexibility index (Phi) is 4.91. The van der Waals surface area contributed by atoms with Gasteiger partial charge in [-0.1, -0.05) is 20.3 Å². The first-order valence-electron chi connectivity index (χ1n) is 7.88. The van der Waals surface area contributed by atoms with Gasteiger partial charge >= 0.3 is 0 Å².